The molecular weight excluding hydrogens is 617 g/mol. The van der Waals surface area contributed by atoms with Crippen LogP contribution in [0.5, 0.6) is 0 Å². The molecule has 0 radical (unpaired) electrons. The zero-order valence-electron chi connectivity index (χ0n) is 27.8. The number of carbonyl (C=O) groups excluding carboxylic acids is 2. The number of nitrogens with two attached hydrogens (primary N) is 1. The number of rotatable bonds is 14. The molecule has 1 unspecified atom stereocenters. The van der Waals surface area contributed by atoms with Crippen LogP contribution in [0.3, 0.4) is 0 Å². The number of aromatic amines is 1. The number of primary amides is 1. The zero-order valence-corrected chi connectivity index (χ0v) is 28.6. The number of aromatic nitrogens is 1. The molecule has 11 heteroatoms. The van der Waals surface area contributed by atoms with Crippen LogP contribution in [0.15, 0.2) is 77.8 Å². The first-order valence-electron chi connectivity index (χ1n) is 16.1. The second-order valence-electron chi connectivity index (χ2n) is 13.0. The number of amides is 3. The van der Waals surface area contributed by atoms with Gasteiger partial charge in [0.15, 0.2) is 0 Å². The number of hydrogen-bond donors (Lipinski definition) is 4. The van der Waals surface area contributed by atoms with Gasteiger partial charge < -0.3 is 16.0 Å². The normalized spacial score (nSPS) is 13.2. The van der Waals surface area contributed by atoms with E-state index < -0.39 is 33.8 Å². The number of H-pyrrole nitrogens is 1. The number of fused-ring (bicyclic) bond motifs is 1. The number of carbonyl (C=O) groups is 2. The molecule has 1 heterocycles. The van der Waals surface area contributed by atoms with Crippen LogP contribution in [-0.2, 0) is 26.7 Å². The number of hydrogen-bond acceptors (Lipinski definition) is 4. The van der Waals surface area contributed by atoms with Gasteiger partial charge in [-0.25, -0.2) is 17.6 Å². The van der Waals surface area contributed by atoms with E-state index in [0.717, 1.165) is 58.7 Å². The van der Waals surface area contributed by atoms with E-state index in [-0.39, 0.29) is 34.0 Å². The standard InChI is InChI=1S/C36H46FN5O4S/c1-6-8-11-24(7-2)22-40-34(43)33(20-25-23-39-31-13-10-9-12-29(25)31)42(35(38)44)32-19-16-27(21-30(32)37)41-47(45,46)28-17-14-26(15-18-28)36(3,4)5/h9-10,12-19,21,23-24,33,39,41H,6-8,11,20,22H2,1-5H3,(H2,38,44)(H,40,43)/t24?,33-/m1/s1. The third-order valence-electron chi connectivity index (χ3n) is 8.54. The van der Waals surface area contributed by atoms with Crippen molar-refractivity contribution in [3.63, 3.8) is 0 Å². The van der Waals surface area contributed by atoms with Gasteiger partial charge in [-0.2, -0.15) is 0 Å². The summed E-state index contributed by atoms with van der Waals surface area (Å²) in [6.45, 7) is 10.7. The lowest BCUT2D eigenvalue weighted by atomic mass is 9.87. The molecule has 1 aromatic heterocycles. The minimum atomic E-state index is -4.04. The molecule has 0 aliphatic carbocycles. The molecule has 0 bridgehead atoms. The fourth-order valence-electron chi connectivity index (χ4n) is 5.67. The topological polar surface area (TPSA) is 137 Å². The summed E-state index contributed by atoms with van der Waals surface area (Å²) in [6, 6.07) is 15.4. The average Bonchev–Trinajstić information content (AvgIpc) is 3.43. The SMILES string of the molecule is CCCCC(CC)CNC(=O)[C@@H](Cc1c[nH]c2ccccc12)N(C(N)=O)c1ccc(NS(=O)(=O)c2ccc(C(C)(C)C)cc2)cc1F. The van der Waals surface area contributed by atoms with Crippen molar-refractivity contribution in [2.45, 2.75) is 83.1 Å². The van der Waals surface area contributed by atoms with Crippen molar-refractivity contribution in [3.8, 4) is 0 Å². The predicted octanol–water partition coefficient (Wildman–Crippen LogP) is 7.23. The maximum Gasteiger partial charge on any atom is 0.320 e. The number of benzene rings is 3. The second-order valence-corrected chi connectivity index (χ2v) is 14.7. The van der Waals surface area contributed by atoms with Crippen molar-refractivity contribution in [1.82, 2.24) is 10.3 Å². The van der Waals surface area contributed by atoms with Crippen LogP contribution in [0, 0.1) is 11.7 Å². The van der Waals surface area contributed by atoms with Crippen LogP contribution in [0.2, 0.25) is 0 Å². The number of urea groups is 1. The van der Waals surface area contributed by atoms with Crippen molar-refractivity contribution in [1.29, 1.82) is 0 Å². The Morgan fingerprint density at radius 2 is 1.72 bits per heavy atom. The summed E-state index contributed by atoms with van der Waals surface area (Å²) >= 11 is 0. The number of halogens is 1. The summed E-state index contributed by atoms with van der Waals surface area (Å²) in [5.74, 6) is -1.13. The van der Waals surface area contributed by atoms with Gasteiger partial charge >= 0.3 is 6.03 Å². The first-order chi connectivity index (χ1) is 22.2. The fourth-order valence-corrected chi connectivity index (χ4v) is 6.72. The number of nitrogens with zero attached hydrogens (tertiary/aromatic N) is 1. The largest absolute Gasteiger partial charge is 0.361 e. The molecule has 0 fully saturated rings. The highest BCUT2D eigenvalue weighted by atomic mass is 32.2. The Hall–Kier alpha value is -4.38. The highest BCUT2D eigenvalue weighted by Crippen LogP contribution is 2.30. The van der Waals surface area contributed by atoms with Crippen LogP contribution in [-0.4, -0.2) is 37.9 Å². The summed E-state index contributed by atoms with van der Waals surface area (Å²) in [4.78, 5) is 31.0. The third-order valence-corrected chi connectivity index (χ3v) is 9.94. The van der Waals surface area contributed by atoms with E-state index in [2.05, 4.69) is 28.9 Å². The Morgan fingerprint density at radius 3 is 2.34 bits per heavy atom. The Balaban J connectivity index is 1.65. The number of nitrogens with one attached hydrogen (secondary N) is 3. The molecular formula is C36H46FN5O4S. The van der Waals surface area contributed by atoms with Crippen molar-refractivity contribution >= 4 is 44.2 Å². The van der Waals surface area contributed by atoms with E-state index in [1.165, 1.54) is 24.3 Å². The van der Waals surface area contributed by atoms with Gasteiger partial charge in [0.1, 0.15) is 11.9 Å². The van der Waals surface area contributed by atoms with Gasteiger partial charge in [0.2, 0.25) is 5.91 Å². The highest BCUT2D eigenvalue weighted by Gasteiger charge is 2.33. The monoisotopic (exact) mass is 663 g/mol. The number of anilines is 2. The van der Waals surface area contributed by atoms with Crippen LogP contribution >= 0.6 is 0 Å². The number of unbranched alkanes of at least 4 members (excludes halogenated alkanes) is 1. The third kappa shape index (κ3) is 8.71. The molecule has 0 aliphatic rings. The molecule has 0 saturated heterocycles. The van der Waals surface area contributed by atoms with Gasteiger partial charge in [-0.15, -0.1) is 0 Å². The Bertz CT molecular complexity index is 1800. The predicted molar refractivity (Wildman–Crippen MR) is 187 cm³/mol. The van der Waals surface area contributed by atoms with E-state index in [1.807, 2.05) is 45.0 Å². The summed E-state index contributed by atoms with van der Waals surface area (Å²) in [5.41, 5.74) is 7.98. The lowest BCUT2D eigenvalue weighted by molar-refractivity contribution is -0.122. The zero-order chi connectivity index (χ0) is 34.4. The molecule has 9 nitrogen and oxygen atoms in total. The van der Waals surface area contributed by atoms with Gasteiger partial charge in [0.25, 0.3) is 10.0 Å². The first kappa shape index (κ1) is 35.5. The van der Waals surface area contributed by atoms with Crippen molar-refractivity contribution < 1.29 is 22.4 Å². The van der Waals surface area contributed by atoms with Gasteiger partial charge in [-0.3, -0.25) is 14.4 Å². The molecule has 252 valence electrons. The van der Waals surface area contributed by atoms with Crippen LogP contribution in [0.1, 0.15) is 71.4 Å². The summed E-state index contributed by atoms with van der Waals surface area (Å²) < 4.78 is 44.5. The van der Waals surface area contributed by atoms with Crippen molar-refractivity contribution in [3.05, 3.63) is 89.9 Å². The molecule has 2 atom stereocenters. The summed E-state index contributed by atoms with van der Waals surface area (Å²) in [5, 5.41) is 3.85. The minimum Gasteiger partial charge on any atom is -0.361 e. The minimum absolute atomic E-state index is 0.0218. The molecule has 3 amide bonds. The molecule has 0 saturated carbocycles. The van der Waals surface area contributed by atoms with Gasteiger partial charge in [0, 0.05) is 36.1 Å². The first-order valence-corrected chi connectivity index (χ1v) is 17.6. The number of para-hydroxylation sites is 1. The van der Waals surface area contributed by atoms with Crippen molar-refractivity contribution in [2.75, 3.05) is 16.2 Å². The molecule has 4 aromatic rings. The smallest absolute Gasteiger partial charge is 0.320 e. The quantitative estimate of drug-likeness (QED) is 0.113. The molecule has 5 N–H and O–H groups in total. The lowest BCUT2D eigenvalue weighted by Gasteiger charge is -2.30. The van der Waals surface area contributed by atoms with E-state index in [9.17, 15) is 18.0 Å². The van der Waals surface area contributed by atoms with E-state index in [1.54, 1.807) is 18.3 Å². The van der Waals surface area contributed by atoms with Gasteiger partial charge in [0.05, 0.1) is 16.3 Å². The maximum absolute atomic E-state index is 15.9. The molecule has 4 rings (SSSR count). The van der Waals surface area contributed by atoms with E-state index in [0.29, 0.717) is 6.54 Å². The lowest BCUT2D eigenvalue weighted by Crippen LogP contribution is -2.53. The second kappa shape index (κ2) is 15.0. The maximum atomic E-state index is 15.9. The Morgan fingerprint density at radius 1 is 1.02 bits per heavy atom. The van der Waals surface area contributed by atoms with Gasteiger partial charge in [-0.05, 0) is 59.2 Å². The fraction of sp³-hybridized carbons (Fsp3) is 0.389. The van der Waals surface area contributed by atoms with Crippen LogP contribution in [0.4, 0.5) is 20.6 Å². The molecule has 0 spiro atoms. The van der Waals surface area contributed by atoms with Gasteiger partial charge in [-0.1, -0.05) is 84.2 Å². The molecule has 47 heavy (non-hydrogen) atoms. The Labute approximate surface area is 277 Å². The van der Waals surface area contributed by atoms with Crippen LogP contribution < -0.4 is 20.7 Å². The van der Waals surface area contributed by atoms with Crippen molar-refractivity contribution in [2.24, 2.45) is 11.7 Å². The highest BCUT2D eigenvalue weighted by molar-refractivity contribution is 7.92. The average molecular weight is 664 g/mol. The van der Waals surface area contributed by atoms with Crippen LogP contribution in [0.25, 0.3) is 10.9 Å². The Kier molecular flexibility index (Phi) is 11.3. The molecule has 3 aromatic carbocycles. The van der Waals surface area contributed by atoms with E-state index >= 15 is 4.39 Å². The van der Waals surface area contributed by atoms with E-state index in [4.69, 9.17) is 5.73 Å². The summed E-state index contributed by atoms with van der Waals surface area (Å²) in [6.07, 6.45) is 5.72. The molecule has 0 aliphatic heterocycles. The number of sulfonamides is 1. The summed E-state index contributed by atoms with van der Waals surface area (Å²) in [7, 11) is -4.04.